The van der Waals surface area contributed by atoms with Gasteiger partial charge in [-0.15, -0.1) is 0 Å². The molecule has 0 heterocycles. The molecule has 2 rings (SSSR count). The first kappa shape index (κ1) is 13.9. The minimum absolute atomic E-state index is 0.295. The zero-order valence-electron chi connectivity index (χ0n) is 10.7. The van der Waals surface area contributed by atoms with Gasteiger partial charge in [-0.05, 0) is 52.2 Å². The number of aryl methyl sites for hydroxylation is 1. The number of halogens is 2. The minimum atomic E-state index is -0.295. The number of ether oxygens (including phenoxy) is 2. The van der Waals surface area contributed by atoms with Crippen LogP contribution in [0, 0.1) is 12.7 Å². The van der Waals surface area contributed by atoms with Gasteiger partial charge < -0.3 is 9.47 Å². The topological polar surface area (TPSA) is 18.5 Å². The van der Waals surface area contributed by atoms with Crippen LogP contribution < -0.4 is 9.47 Å². The first-order chi connectivity index (χ1) is 9.10. The van der Waals surface area contributed by atoms with Gasteiger partial charge in [0.2, 0.25) is 0 Å². The third-order valence-electron chi connectivity index (χ3n) is 2.76. The molecule has 0 amide bonds. The van der Waals surface area contributed by atoms with Crippen LogP contribution in [0.5, 0.6) is 11.5 Å². The molecular weight excluding hydrogens is 311 g/mol. The Morgan fingerprint density at radius 1 is 1.11 bits per heavy atom. The molecule has 0 saturated carbocycles. The third-order valence-corrected chi connectivity index (χ3v) is 3.38. The second-order valence-electron chi connectivity index (χ2n) is 4.17. The predicted molar refractivity (Wildman–Crippen MR) is 76.2 cm³/mol. The molecule has 0 unspecified atom stereocenters. The molecule has 0 N–H and O–H groups in total. The molecule has 0 aromatic heterocycles. The number of hydrogen-bond donors (Lipinski definition) is 0. The fourth-order valence-electron chi connectivity index (χ4n) is 1.69. The largest absolute Gasteiger partial charge is 0.496 e. The van der Waals surface area contributed by atoms with E-state index < -0.39 is 0 Å². The maximum Gasteiger partial charge on any atom is 0.133 e. The summed E-state index contributed by atoms with van der Waals surface area (Å²) in [4.78, 5) is 0. The second kappa shape index (κ2) is 6.06. The highest BCUT2D eigenvalue weighted by Crippen LogP contribution is 2.26. The summed E-state index contributed by atoms with van der Waals surface area (Å²) in [5.41, 5.74) is 1.89. The van der Waals surface area contributed by atoms with Gasteiger partial charge in [-0.3, -0.25) is 0 Å². The Hall–Kier alpha value is -1.55. The predicted octanol–water partition coefficient (Wildman–Crippen LogP) is 4.48. The van der Waals surface area contributed by atoms with Gasteiger partial charge in [0.15, 0.2) is 0 Å². The van der Waals surface area contributed by atoms with Gasteiger partial charge >= 0.3 is 0 Å². The van der Waals surface area contributed by atoms with Crippen LogP contribution in [-0.2, 0) is 6.61 Å². The lowest BCUT2D eigenvalue weighted by Crippen LogP contribution is -1.98. The van der Waals surface area contributed by atoms with Crippen LogP contribution in [-0.4, -0.2) is 7.11 Å². The maximum atomic E-state index is 13.1. The Labute approximate surface area is 120 Å². The quantitative estimate of drug-likeness (QED) is 0.825. The number of hydrogen-bond acceptors (Lipinski definition) is 2. The maximum absolute atomic E-state index is 13.1. The van der Waals surface area contributed by atoms with E-state index in [-0.39, 0.29) is 5.82 Å². The lowest BCUT2D eigenvalue weighted by molar-refractivity contribution is 0.302. The van der Waals surface area contributed by atoms with E-state index in [1.54, 1.807) is 13.2 Å². The van der Waals surface area contributed by atoms with Crippen molar-refractivity contribution in [3.63, 3.8) is 0 Å². The summed E-state index contributed by atoms with van der Waals surface area (Å²) in [6, 6.07) is 10.2. The molecule has 0 radical (unpaired) electrons. The van der Waals surface area contributed by atoms with Gasteiger partial charge in [0.05, 0.1) is 11.6 Å². The zero-order valence-corrected chi connectivity index (χ0v) is 12.3. The zero-order chi connectivity index (χ0) is 13.8. The van der Waals surface area contributed by atoms with Crippen molar-refractivity contribution in [3.8, 4) is 11.5 Å². The molecule has 0 aliphatic rings. The average molecular weight is 325 g/mol. The van der Waals surface area contributed by atoms with Crippen molar-refractivity contribution in [2.75, 3.05) is 7.11 Å². The molecule has 100 valence electrons. The van der Waals surface area contributed by atoms with Crippen molar-refractivity contribution in [2.24, 2.45) is 0 Å². The van der Waals surface area contributed by atoms with E-state index in [0.29, 0.717) is 12.4 Å². The van der Waals surface area contributed by atoms with E-state index in [1.807, 2.05) is 25.1 Å². The number of methoxy groups -OCH3 is 1. The van der Waals surface area contributed by atoms with Crippen LogP contribution in [0.4, 0.5) is 4.39 Å². The first-order valence-electron chi connectivity index (χ1n) is 5.81. The summed E-state index contributed by atoms with van der Waals surface area (Å²) in [6.45, 7) is 2.27. The fraction of sp³-hybridized carbons (Fsp3) is 0.200. The van der Waals surface area contributed by atoms with Crippen molar-refractivity contribution in [1.82, 2.24) is 0 Å². The standard InChI is InChI=1S/C15H14BrFO2/c1-10-3-5-12(17)8-15(10)19-9-11-4-6-14(18-2)13(16)7-11/h3-8H,9H2,1-2H3. The molecule has 0 fully saturated rings. The number of benzene rings is 2. The van der Waals surface area contributed by atoms with Gasteiger partial charge in [-0.25, -0.2) is 4.39 Å². The van der Waals surface area contributed by atoms with Gasteiger partial charge in [0, 0.05) is 6.07 Å². The van der Waals surface area contributed by atoms with Gasteiger partial charge in [-0.2, -0.15) is 0 Å². The summed E-state index contributed by atoms with van der Waals surface area (Å²) < 4.78 is 24.8. The Morgan fingerprint density at radius 3 is 2.58 bits per heavy atom. The van der Waals surface area contributed by atoms with Crippen LogP contribution in [0.1, 0.15) is 11.1 Å². The van der Waals surface area contributed by atoms with Gasteiger partial charge in [0.1, 0.15) is 23.9 Å². The Morgan fingerprint density at radius 2 is 1.89 bits per heavy atom. The molecule has 2 aromatic carbocycles. The van der Waals surface area contributed by atoms with Gasteiger partial charge in [-0.1, -0.05) is 12.1 Å². The summed E-state index contributed by atoms with van der Waals surface area (Å²) >= 11 is 3.42. The van der Waals surface area contributed by atoms with E-state index in [9.17, 15) is 4.39 Å². The van der Waals surface area contributed by atoms with Crippen LogP contribution in [0.2, 0.25) is 0 Å². The lowest BCUT2D eigenvalue weighted by Gasteiger charge is -2.10. The highest BCUT2D eigenvalue weighted by atomic mass is 79.9. The lowest BCUT2D eigenvalue weighted by atomic mass is 10.2. The van der Waals surface area contributed by atoms with Crippen LogP contribution in [0.3, 0.4) is 0 Å². The van der Waals surface area contributed by atoms with Crippen molar-refractivity contribution >= 4 is 15.9 Å². The molecule has 0 bridgehead atoms. The summed E-state index contributed by atoms with van der Waals surface area (Å²) in [6.07, 6.45) is 0. The van der Waals surface area contributed by atoms with Crippen molar-refractivity contribution < 1.29 is 13.9 Å². The smallest absolute Gasteiger partial charge is 0.133 e. The fourth-order valence-corrected chi connectivity index (χ4v) is 2.28. The monoisotopic (exact) mass is 324 g/mol. The molecule has 0 saturated heterocycles. The normalized spacial score (nSPS) is 10.3. The summed E-state index contributed by atoms with van der Waals surface area (Å²) in [5.74, 6) is 1.04. The first-order valence-corrected chi connectivity index (χ1v) is 6.61. The van der Waals surface area contributed by atoms with Crippen molar-refractivity contribution in [3.05, 3.63) is 57.8 Å². The molecule has 2 aromatic rings. The molecule has 19 heavy (non-hydrogen) atoms. The van der Waals surface area contributed by atoms with Crippen molar-refractivity contribution in [2.45, 2.75) is 13.5 Å². The van der Waals surface area contributed by atoms with Crippen LogP contribution in [0.15, 0.2) is 40.9 Å². The Kier molecular flexibility index (Phi) is 4.43. The van der Waals surface area contributed by atoms with E-state index in [2.05, 4.69) is 15.9 Å². The van der Waals surface area contributed by atoms with Crippen LogP contribution in [0.25, 0.3) is 0 Å². The molecule has 0 aliphatic carbocycles. The Bertz CT molecular complexity index is 584. The van der Waals surface area contributed by atoms with Crippen LogP contribution >= 0.6 is 15.9 Å². The highest BCUT2D eigenvalue weighted by molar-refractivity contribution is 9.10. The molecule has 0 atom stereocenters. The molecule has 0 aliphatic heterocycles. The molecular formula is C15H14BrFO2. The number of rotatable bonds is 4. The van der Waals surface area contributed by atoms with E-state index in [1.165, 1.54) is 12.1 Å². The van der Waals surface area contributed by atoms with Gasteiger partial charge in [0.25, 0.3) is 0 Å². The summed E-state index contributed by atoms with van der Waals surface area (Å²) in [7, 11) is 1.62. The van der Waals surface area contributed by atoms with E-state index >= 15 is 0 Å². The van der Waals surface area contributed by atoms with E-state index in [0.717, 1.165) is 21.3 Å². The third kappa shape index (κ3) is 3.47. The molecule has 2 nitrogen and oxygen atoms in total. The highest BCUT2D eigenvalue weighted by Gasteiger charge is 2.04. The second-order valence-corrected chi connectivity index (χ2v) is 5.02. The summed E-state index contributed by atoms with van der Waals surface area (Å²) in [5, 5.41) is 0. The molecule has 0 spiro atoms. The SMILES string of the molecule is COc1ccc(COc2cc(F)ccc2C)cc1Br. The average Bonchev–Trinajstić information content (AvgIpc) is 2.40. The van der Waals surface area contributed by atoms with E-state index in [4.69, 9.17) is 9.47 Å². The van der Waals surface area contributed by atoms with Crippen molar-refractivity contribution in [1.29, 1.82) is 0 Å². The molecule has 4 heteroatoms. The minimum Gasteiger partial charge on any atom is -0.496 e. The Balaban J connectivity index is 2.10.